The molecule has 0 unspecified atom stereocenters. The summed E-state index contributed by atoms with van der Waals surface area (Å²) < 4.78 is 11.3. The zero-order valence-corrected chi connectivity index (χ0v) is 17.6. The number of hydrogen-bond acceptors (Lipinski definition) is 4. The van der Waals surface area contributed by atoms with Crippen LogP contribution in [0.15, 0.2) is 11.6 Å². The van der Waals surface area contributed by atoms with E-state index in [0.717, 1.165) is 19.1 Å². The van der Waals surface area contributed by atoms with Crippen molar-refractivity contribution in [2.24, 2.45) is 5.92 Å². The molecule has 0 bridgehead atoms. The molecular formula is C18H30N2O4Si. The maximum absolute atomic E-state index is 12.9. The molecule has 0 N–H and O–H groups in total. The van der Waals surface area contributed by atoms with E-state index in [2.05, 4.69) is 49.5 Å². The van der Waals surface area contributed by atoms with Crippen molar-refractivity contribution in [1.82, 2.24) is 0 Å². The van der Waals surface area contributed by atoms with Crippen LogP contribution in [0.25, 0.3) is 5.53 Å². The van der Waals surface area contributed by atoms with E-state index in [-0.39, 0.29) is 5.04 Å². The molecule has 0 amide bonds. The first-order valence-corrected chi connectivity index (χ1v) is 11.5. The standard InChI is InChI=1S/C18H30N2O4Si/c1-12-10-9-11-18(12,24-25(7,8)17(3,4)5)13(2)15(21)14(20-19)16(22)23-6/h10,13H,9,11H2,1-8H3/t13-,18+/m1/s1. The summed E-state index contributed by atoms with van der Waals surface area (Å²) in [5.41, 5.74) is 8.73. The number of hydrogen-bond donors (Lipinski definition) is 0. The number of methoxy groups -OCH3 is 1. The lowest BCUT2D eigenvalue weighted by molar-refractivity contribution is -0.141. The zero-order chi connectivity index (χ0) is 19.6. The average molecular weight is 367 g/mol. The lowest BCUT2D eigenvalue weighted by Gasteiger charge is -2.47. The number of esters is 1. The third kappa shape index (κ3) is 3.99. The van der Waals surface area contributed by atoms with Gasteiger partial charge in [-0.25, -0.2) is 4.79 Å². The number of ketones is 1. The minimum atomic E-state index is -2.18. The predicted molar refractivity (Wildman–Crippen MR) is 98.8 cm³/mol. The highest BCUT2D eigenvalue weighted by molar-refractivity contribution is 6.74. The molecule has 0 aromatic rings. The summed E-state index contributed by atoms with van der Waals surface area (Å²) in [6, 6.07) is 0. The maximum Gasteiger partial charge on any atom is 0.441 e. The fourth-order valence-corrected chi connectivity index (χ4v) is 4.62. The lowest BCUT2D eigenvalue weighted by atomic mass is 9.79. The molecule has 2 atom stereocenters. The highest BCUT2D eigenvalue weighted by atomic mass is 28.4. The molecule has 1 aliphatic rings. The second-order valence-corrected chi connectivity index (χ2v) is 12.9. The summed E-state index contributed by atoms with van der Waals surface area (Å²) in [6.45, 7) is 14.4. The molecule has 6 nitrogen and oxygen atoms in total. The molecule has 25 heavy (non-hydrogen) atoms. The van der Waals surface area contributed by atoms with Gasteiger partial charge in [0.05, 0.1) is 18.6 Å². The first-order valence-electron chi connectivity index (χ1n) is 8.56. The van der Waals surface area contributed by atoms with Gasteiger partial charge in [-0.2, -0.15) is 4.79 Å². The second-order valence-electron chi connectivity index (χ2n) is 8.20. The molecule has 0 aromatic carbocycles. The molecule has 0 fully saturated rings. The van der Waals surface area contributed by atoms with Gasteiger partial charge in [-0.1, -0.05) is 33.8 Å². The van der Waals surface area contributed by atoms with Crippen molar-refractivity contribution in [2.45, 2.75) is 71.2 Å². The Balaban J connectivity index is 3.33. The van der Waals surface area contributed by atoms with Crippen molar-refractivity contribution in [2.75, 3.05) is 7.11 Å². The molecule has 7 heteroatoms. The van der Waals surface area contributed by atoms with Gasteiger partial charge in [0, 0.05) is 0 Å². The number of Topliss-reactive ketones (excluding diaryl/α,β-unsaturated/α-hetero) is 1. The Morgan fingerprint density at radius 1 is 1.36 bits per heavy atom. The topological polar surface area (TPSA) is 89.0 Å². The Morgan fingerprint density at radius 2 is 1.92 bits per heavy atom. The number of rotatable bonds is 6. The quantitative estimate of drug-likeness (QED) is 0.137. The van der Waals surface area contributed by atoms with Gasteiger partial charge in [0.15, 0.2) is 8.32 Å². The first-order chi connectivity index (χ1) is 11.3. The molecular weight excluding hydrogens is 336 g/mol. The van der Waals surface area contributed by atoms with Crippen molar-refractivity contribution in [3.63, 3.8) is 0 Å². The third-order valence-corrected chi connectivity index (χ3v) is 10.2. The summed E-state index contributed by atoms with van der Waals surface area (Å²) in [5, 5.41) is -0.0259. The molecule has 0 saturated heterocycles. The van der Waals surface area contributed by atoms with Gasteiger partial charge >= 0.3 is 11.7 Å². The zero-order valence-electron chi connectivity index (χ0n) is 16.6. The Bertz CT molecular complexity index is 642. The number of ether oxygens (including phenoxy) is 1. The van der Waals surface area contributed by atoms with Crippen molar-refractivity contribution >= 4 is 25.8 Å². The van der Waals surface area contributed by atoms with Crippen LogP contribution >= 0.6 is 0 Å². The molecule has 140 valence electrons. The van der Waals surface area contributed by atoms with Gasteiger partial charge in [-0.15, -0.1) is 0 Å². The SMILES string of the molecule is COC(=O)C(=[N+]=[N-])C(=O)[C@@H](C)[C@]1(O[Si](C)(C)C(C)(C)C)CCC=C1C. The van der Waals surface area contributed by atoms with Gasteiger partial charge in [0.2, 0.25) is 0 Å². The van der Waals surface area contributed by atoms with Crippen LogP contribution in [0.3, 0.4) is 0 Å². The summed E-state index contributed by atoms with van der Waals surface area (Å²) in [6.07, 6.45) is 3.55. The number of carbonyl (C=O) groups is 2. The predicted octanol–water partition coefficient (Wildman–Crippen LogP) is 3.54. The molecule has 1 rings (SSSR count). The van der Waals surface area contributed by atoms with Gasteiger partial charge in [-0.05, 0) is 43.5 Å². The smallest absolute Gasteiger partial charge is 0.441 e. The van der Waals surface area contributed by atoms with Crippen LogP contribution in [0.5, 0.6) is 0 Å². The number of carbonyl (C=O) groups excluding carboxylic acids is 2. The second kappa shape index (κ2) is 7.36. The van der Waals surface area contributed by atoms with Gasteiger partial charge in [0.25, 0.3) is 5.78 Å². The van der Waals surface area contributed by atoms with E-state index in [9.17, 15) is 9.59 Å². The number of nitrogens with zero attached hydrogens (tertiary/aromatic N) is 2. The Labute approximate surface area is 151 Å². The van der Waals surface area contributed by atoms with E-state index in [1.54, 1.807) is 6.92 Å². The fraction of sp³-hybridized carbons (Fsp3) is 0.722. The van der Waals surface area contributed by atoms with Gasteiger partial charge in [0.1, 0.15) is 0 Å². The van der Waals surface area contributed by atoms with Gasteiger partial charge in [-0.3, -0.25) is 4.79 Å². The van der Waals surface area contributed by atoms with E-state index < -0.39 is 37.3 Å². The Kier molecular flexibility index (Phi) is 6.32. The molecule has 0 heterocycles. The first kappa shape index (κ1) is 21.5. The van der Waals surface area contributed by atoms with Crippen molar-refractivity contribution in [3.05, 3.63) is 17.2 Å². The fourth-order valence-electron chi connectivity index (χ4n) is 2.96. The third-order valence-electron chi connectivity index (χ3n) is 5.68. The average Bonchev–Trinajstić information content (AvgIpc) is 2.86. The minimum absolute atomic E-state index is 0.0259. The molecule has 1 aliphatic carbocycles. The van der Waals surface area contributed by atoms with Crippen LogP contribution in [-0.4, -0.2) is 43.3 Å². The normalized spacial score (nSPS) is 22.0. The van der Waals surface area contributed by atoms with Crippen molar-refractivity contribution in [3.8, 4) is 0 Å². The van der Waals surface area contributed by atoms with E-state index in [1.165, 1.54) is 0 Å². The summed E-state index contributed by atoms with van der Waals surface area (Å²) in [5.74, 6) is -2.17. The highest BCUT2D eigenvalue weighted by Crippen LogP contribution is 2.47. The van der Waals surface area contributed by atoms with E-state index >= 15 is 0 Å². The van der Waals surface area contributed by atoms with Crippen LogP contribution < -0.4 is 0 Å². The lowest BCUT2D eigenvalue weighted by Crippen LogP contribution is -2.55. The molecule has 0 saturated carbocycles. The monoisotopic (exact) mass is 366 g/mol. The summed E-state index contributed by atoms with van der Waals surface area (Å²) in [7, 11) is -1.04. The largest absolute Gasteiger partial charge is 0.460 e. The Hall–Kier alpha value is -1.56. The van der Waals surface area contributed by atoms with Crippen molar-refractivity contribution in [1.29, 1.82) is 0 Å². The van der Waals surface area contributed by atoms with Crippen LogP contribution in [0, 0.1) is 5.92 Å². The van der Waals surface area contributed by atoms with E-state index in [0.29, 0.717) is 6.42 Å². The molecule has 0 spiro atoms. The van der Waals surface area contributed by atoms with Crippen LogP contribution in [-0.2, 0) is 18.8 Å². The van der Waals surface area contributed by atoms with E-state index in [1.807, 2.05) is 6.92 Å². The Morgan fingerprint density at radius 3 is 2.28 bits per heavy atom. The maximum atomic E-state index is 12.9. The van der Waals surface area contributed by atoms with Crippen LogP contribution in [0.4, 0.5) is 0 Å². The number of allylic oxidation sites excluding steroid dienone is 1. The summed E-state index contributed by atoms with van der Waals surface area (Å²) >= 11 is 0. The summed E-state index contributed by atoms with van der Waals surface area (Å²) in [4.78, 5) is 27.5. The minimum Gasteiger partial charge on any atom is -0.460 e. The van der Waals surface area contributed by atoms with Crippen LogP contribution in [0.2, 0.25) is 18.1 Å². The van der Waals surface area contributed by atoms with Gasteiger partial charge < -0.3 is 14.7 Å². The van der Waals surface area contributed by atoms with E-state index in [4.69, 9.17) is 9.96 Å². The molecule has 0 aliphatic heterocycles. The molecule has 0 aromatic heterocycles. The van der Waals surface area contributed by atoms with Crippen LogP contribution in [0.1, 0.15) is 47.5 Å². The van der Waals surface area contributed by atoms with Crippen molar-refractivity contribution < 1.29 is 23.5 Å². The molecule has 0 radical (unpaired) electrons. The highest BCUT2D eigenvalue weighted by Gasteiger charge is 2.53.